The maximum absolute atomic E-state index is 12.9. The summed E-state index contributed by atoms with van der Waals surface area (Å²) in [5, 5.41) is 4.38. The lowest BCUT2D eigenvalue weighted by molar-refractivity contribution is 0.0675. The Morgan fingerprint density at radius 3 is 2.67 bits per heavy atom. The predicted molar refractivity (Wildman–Crippen MR) is 94.1 cm³/mol. The zero-order valence-electron chi connectivity index (χ0n) is 14.7. The van der Waals surface area contributed by atoms with Gasteiger partial charge in [0, 0.05) is 37.6 Å². The molecule has 6 nitrogen and oxygen atoms in total. The second kappa shape index (κ2) is 7.75. The van der Waals surface area contributed by atoms with Crippen molar-refractivity contribution in [2.75, 3.05) is 26.2 Å². The van der Waals surface area contributed by atoms with Crippen molar-refractivity contribution in [2.24, 2.45) is 0 Å². The van der Waals surface area contributed by atoms with Gasteiger partial charge in [0.1, 0.15) is 0 Å². The molecule has 0 saturated carbocycles. The van der Waals surface area contributed by atoms with Gasteiger partial charge in [-0.25, -0.2) is 9.50 Å². The van der Waals surface area contributed by atoms with Gasteiger partial charge in [-0.05, 0) is 45.8 Å². The number of aromatic nitrogens is 3. The van der Waals surface area contributed by atoms with Crippen LogP contribution in [0.1, 0.15) is 50.0 Å². The van der Waals surface area contributed by atoms with Gasteiger partial charge in [0.05, 0.1) is 0 Å². The molecule has 2 aromatic rings. The number of amides is 1. The third-order valence-electron chi connectivity index (χ3n) is 4.70. The molecule has 0 N–H and O–H groups in total. The highest BCUT2D eigenvalue weighted by Gasteiger charge is 2.22. The van der Waals surface area contributed by atoms with Crippen LogP contribution >= 0.6 is 0 Å². The van der Waals surface area contributed by atoms with Crippen LogP contribution in [0.3, 0.4) is 0 Å². The van der Waals surface area contributed by atoms with E-state index in [9.17, 15) is 4.79 Å². The maximum atomic E-state index is 12.9. The highest BCUT2D eigenvalue weighted by atomic mass is 16.2. The van der Waals surface area contributed by atoms with E-state index in [4.69, 9.17) is 0 Å². The Hall–Kier alpha value is -1.95. The molecule has 1 fully saturated rings. The number of likely N-dealkylation sites (tertiary alicyclic amines) is 1. The average Bonchev–Trinajstić information content (AvgIpc) is 2.84. The fourth-order valence-electron chi connectivity index (χ4n) is 3.28. The summed E-state index contributed by atoms with van der Waals surface area (Å²) < 4.78 is 1.65. The summed E-state index contributed by atoms with van der Waals surface area (Å²) >= 11 is 0. The summed E-state index contributed by atoms with van der Waals surface area (Å²) in [6.45, 7) is 8.12. The minimum atomic E-state index is -0.00896. The van der Waals surface area contributed by atoms with Crippen molar-refractivity contribution < 1.29 is 4.79 Å². The van der Waals surface area contributed by atoms with Crippen molar-refractivity contribution in [3.63, 3.8) is 0 Å². The topological polar surface area (TPSA) is 53.7 Å². The molecule has 0 radical (unpaired) electrons. The molecule has 0 spiro atoms. The van der Waals surface area contributed by atoms with Crippen LogP contribution in [0.4, 0.5) is 0 Å². The first-order chi connectivity index (χ1) is 11.6. The lowest BCUT2D eigenvalue weighted by atomic mass is 10.2. The Kier molecular flexibility index (Phi) is 5.45. The molecule has 3 rings (SSSR count). The third-order valence-corrected chi connectivity index (χ3v) is 4.70. The quantitative estimate of drug-likeness (QED) is 0.845. The Labute approximate surface area is 143 Å². The van der Waals surface area contributed by atoms with E-state index >= 15 is 0 Å². The Bertz CT molecular complexity index is 640. The predicted octanol–water partition coefficient (Wildman–Crippen LogP) is 2.46. The van der Waals surface area contributed by atoms with E-state index in [-0.39, 0.29) is 11.9 Å². The molecule has 6 heteroatoms. The maximum Gasteiger partial charge on any atom is 0.274 e. The molecule has 0 atom stereocenters. The molecule has 1 amide bonds. The average molecular weight is 329 g/mol. The lowest BCUT2D eigenvalue weighted by Crippen LogP contribution is -2.43. The van der Waals surface area contributed by atoms with Gasteiger partial charge in [0.2, 0.25) is 0 Å². The minimum absolute atomic E-state index is 0.00896. The van der Waals surface area contributed by atoms with Crippen LogP contribution in [0.25, 0.3) is 5.65 Å². The first-order valence-corrected chi connectivity index (χ1v) is 8.99. The Balaban J connectivity index is 1.68. The standard InChI is InChI=1S/C18H27N5O/c1-15(2)22(13-12-21-9-5-3-4-6-10-21)18(24)16-14-17-19-8-7-11-23(17)20-16/h7-8,11,14-15H,3-6,9-10,12-13H2,1-2H3. The lowest BCUT2D eigenvalue weighted by Gasteiger charge is -2.29. The van der Waals surface area contributed by atoms with Crippen molar-refractivity contribution in [3.8, 4) is 0 Å². The van der Waals surface area contributed by atoms with Crippen molar-refractivity contribution in [2.45, 2.75) is 45.6 Å². The van der Waals surface area contributed by atoms with Crippen LogP contribution < -0.4 is 0 Å². The van der Waals surface area contributed by atoms with E-state index < -0.39 is 0 Å². The molecule has 2 aromatic heterocycles. The zero-order valence-corrected chi connectivity index (χ0v) is 14.7. The van der Waals surface area contributed by atoms with Crippen LogP contribution in [-0.4, -0.2) is 62.5 Å². The molecule has 1 aliphatic rings. The van der Waals surface area contributed by atoms with E-state index in [1.165, 1.54) is 25.7 Å². The van der Waals surface area contributed by atoms with Crippen molar-refractivity contribution >= 4 is 11.6 Å². The largest absolute Gasteiger partial charge is 0.334 e. The van der Waals surface area contributed by atoms with Crippen molar-refractivity contribution in [1.82, 2.24) is 24.4 Å². The SMILES string of the molecule is CC(C)N(CCN1CCCCCC1)C(=O)c1cc2ncccn2n1. The van der Waals surface area contributed by atoms with Crippen LogP contribution in [-0.2, 0) is 0 Å². The number of hydrogen-bond donors (Lipinski definition) is 0. The molecule has 0 aromatic carbocycles. The molecular weight excluding hydrogens is 302 g/mol. The fraction of sp³-hybridized carbons (Fsp3) is 0.611. The zero-order chi connectivity index (χ0) is 16.9. The van der Waals surface area contributed by atoms with Gasteiger partial charge in [-0.1, -0.05) is 12.8 Å². The van der Waals surface area contributed by atoms with Crippen LogP contribution in [0.5, 0.6) is 0 Å². The van der Waals surface area contributed by atoms with Gasteiger partial charge >= 0.3 is 0 Å². The normalized spacial score (nSPS) is 16.5. The molecule has 130 valence electrons. The first-order valence-electron chi connectivity index (χ1n) is 8.99. The molecule has 1 aliphatic heterocycles. The fourth-order valence-corrected chi connectivity index (χ4v) is 3.28. The number of hydrogen-bond acceptors (Lipinski definition) is 4. The van der Waals surface area contributed by atoms with Crippen LogP contribution in [0.2, 0.25) is 0 Å². The molecule has 24 heavy (non-hydrogen) atoms. The summed E-state index contributed by atoms with van der Waals surface area (Å²) in [5.74, 6) is -0.00896. The van der Waals surface area contributed by atoms with Crippen molar-refractivity contribution in [3.05, 3.63) is 30.2 Å². The summed E-state index contributed by atoms with van der Waals surface area (Å²) in [6, 6.07) is 3.74. The van der Waals surface area contributed by atoms with E-state index in [1.807, 2.05) is 17.2 Å². The molecular formula is C18H27N5O. The summed E-state index contributed by atoms with van der Waals surface area (Å²) in [5.41, 5.74) is 1.18. The van der Waals surface area contributed by atoms with E-state index in [0.717, 1.165) is 26.2 Å². The summed E-state index contributed by atoms with van der Waals surface area (Å²) in [6.07, 6.45) is 8.73. The van der Waals surface area contributed by atoms with Crippen LogP contribution in [0.15, 0.2) is 24.5 Å². The second-order valence-electron chi connectivity index (χ2n) is 6.80. The molecule has 3 heterocycles. The van der Waals surface area contributed by atoms with Crippen LogP contribution in [0, 0.1) is 0 Å². The number of nitrogens with zero attached hydrogens (tertiary/aromatic N) is 5. The van der Waals surface area contributed by atoms with E-state index in [1.54, 1.807) is 16.8 Å². The van der Waals surface area contributed by atoms with Gasteiger partial charge in [0.25, 0.3) is 5.91 Å². The Morgan fingerprint density at radius 2 is 2.00 bits per heavy atom. The molecule has 1 saturated heterocycles. The van der Waals surface area contributed by atoms with E-state index in [0.29, 0.717) is 11.3 Å². The van der Waals surface area contributed by atoms with Gasteiger partial charge < -0.3 is 9.80 Å². The monoisotopic (exact) mass is 329 g/mol. The van der Waals surface area contributed by atoms with E-state index in [2.05, 4.69) is 28.8 Å². The number of carbonyl (C=O) groups excluding carboxylic acids is 1. The summed E-state index contributed by atoms with van der Waals surface area (Å²) in [7, 11) is 0. The number of fused-ring (bicyclic) bond motifs is 1. The molecule has 0 aliphatic carbocycles. The van der Waals surface area contributed by atoms with Crippen molar-refractivity contribution in [1.29, 1.82) is 0 Å². The van der Waals surface area contributed by atoms with Gasteiger partial charge in [-0.15, -0.1) is 0 Å². The summed E-state index contributed by atoms with van der Waals surface area (Å²) in [4.78, 5) is 21.6. The molecule has 0 bridgehead atoms. The highest BCUT2D eigenvalue weighted by molar-refractivity contribution is 5.93. The number of carbonyl (C=O) groups is 1. The first kappa shape index (κ1) is 16.9. The highest BCUT2D eigenvalue weighted by Crippen LogP contribution is 2.12. The third kappa shape index (κ3) is 3.93. The minimum Gasteiger partial charge on any atom is -0.334 e. The smallest absolute Gasteiger partial charge is 0.274 e. The van der Waals surface area contributed by atoms with Gasteiger partial charge in [-0.3, -0.25) is 4.79 Å². The number of rotatable bonds is 5. The Morgan fingerprint density at radius 1 is 1.25 bits per heavy atom. The van der Waals surface area contributed by atoms with Gasteiger partial charge in [0.15, 0.2) is 11.3 Å². The second-order valence-corrected chi connectivity index (χ2v) is 6.80. The molecule has 0 unspecified atom stereocenters. The van der Waals surface area contributed by atoms with Gasteiger partial charge in [-0.2, -0.15) is 5.10 Å².